The predicted molar refractivity (Wildman–Crippen MR) is 53.1 cm³/mol. The van der Waals surface area contributed by atoms with Gasteiger partial charge in [0.05, 0.1) is 18.2 Å². The highest BCUT2D eigenvalue weighted by Gasteiger charge is 2.36. The van der Waals surface area contributed by atoms with E-state index in [0.29, 0.717) is 12.1 Å². The second kappa shape index (κ2) is 3.77. The summed E-state index contributed by atoms with van der Waals surface area (Å²) in [7, 11) is 0. The van der Waals surface area contributed by atoms with E-state index in [-0.39, 0.29) is 12.1 Å². The molecule has 0 aliphatic carbocycles. The first-order valence-corrected chi connectivity index (χ1v) is 5.36. The van der Waals surface area contributed by atoms with E-state index in [9.17, 15) is 4.79 Å². The van der Waals surface area contributed by atoms with Crippen LogP contribution in [0.5, 0.6) is 0 Å². The fraction of sp³-hybridized carbons (Fsp3) is 0.900. The van der Waals surface area contributed by atoms with Crippen LogP contribution in [0.15, 0.2) is 0 Å². The number of urea groups is 1. The first kappa shape index (κ1) is 9.77. The van der Waals surface area contributed by atoms with Gasteiger partial charge in [-0.15, -0.1) is 0 Å². The maximum Gasteiger partial charge on any atom is 0.317 e. The van der Waals surface area contributed by atoms with Crippen LogP contribution in [-0.2, 0) is 4.74 Å². The van der Waals surface area contributed by atoms with E-state index in [1.165, 1.54) is 0 Å². The van der Waals surface area contributed by atoms with Crippen molar-refractivity contribution >= 4 is 6.03 Å². The number of rotatable bonds is 2. The number of fused-ring (bicyclic) bond motifs is 1. The molecular weight excluding hydrogens is 180 g/mol. The summed E-state index contributed by atoms with van der Waals surface area (Å²) < 4.78 is 5.77. The molecule has 2 heterocycles. The molecule has 2 aliphatic rings. The number of amides is 2. The van der Waals surface area contributed by atoms with E-state index in [1.54, 1.807) is 0 Å². The number of carbonyl (C=O) groups is 1. The Kier molecular flexibility index (Phi) is 2.63. The van der Waals surface area contributed by atoms with E-state index in [1.807, 2.05) is 4.90 Å². The lowest BCUT2D eigenvalue weighted by Crippen LogP contribution is -2.44. The molecule has 0 unspecified atom stereocenters. The van der Waals surface area contributed by atoms with Gasteiger partial charge in [0.25, 0.3) is 0 Å². The molecule has 0 spiro atoms. The minimum atomic E-state index is 0.0954. The van der Waals surface area contributed by atoms with Crippen molar-refractivity contribution in [3.05, 3.63) is 0 Å². The van der Waals surface area contributed by atoms with Crippen LogP contribution >= 0.6 is 0 Å². The molecule has 1 N–H and O–H groups in total. The Labute approximate surface area is 84.6 Å². The highest BCUT2D eigenvalue weighted by Crippen LogP contribution is 2.23. The minimum Gasteiger partial charge on any atom is -0.375 e. The average Bonchev–Trinajstić information content (AvgIpc) is 2.46. The largest absolute Gasteiger partial charge is 0.375 e. The number of hydrogen-bond acceptors (Lipinski definition) is 2. The second-order valence-electron chi connectivity index (χ2n) is 4.36. The highest BCUT2D eigenvalue weighted by atomic mass is 16.5. The van der Waals surface area contributed by atoms with Crippen molar-refractivity contribution in [3.63, 3.8) is 0 Å². The number of nitrogens with one attached hydrogen (secondary N) is 1. The molecule has 2 atom stereocenters. The Morgan fingerprint density at radius 2 is 2.36 bits per heavy atom. The normalized spacial score (nSPS) is 31.9. The molecule has 14 heavy (non-hydrogen) atoms. The maximum atomic E-state index is 11.3. The Bertz CT molecular complexity index is 230. The van der Waals surface area contributed by atoms with Crippen LogP contribution in [0, 0.1) is 0 Å². The summed E-state index contributed by atoms with van der Waals surface area (Å²) in [5.41, 5.74) is 0. The summed E-state index contributed by atoms with van der Waals surface area (Å²) in [5, 5.41) is 2.87. The molecule has 2 rings (SSSR count). The van der Waals surface area contributed by atoms with Gasteiger partial charge in [-0.2, -0.15) is 0 Å². The molecule has 2 aliphatic heterocycles. The fourth-order valence-corrected chi connectivity index (χ4v) is 2.29. The highest BCUT2D eigenvalue weighted by molar-refractivity contribution is 5.77. The summed E-state index contributed by atoms with van der Waals surface area (Å²) in [4.78, 5) is 13.2. The van der Waals surface area contributed by atoms with Gasteiger partial charge in [0.2, 0.25) is 0 Å². The Morgan fingerprint density at radius 3 is 3.07 bits per heavy atom. The Morgan fingerprint density at radius 1 is 1.57 bits per heavy atom. The number of hydrogen-bond donors (Lipinski definition) is 1. The van der Waals surface area contributed by atoms with Crippen molar-refractivity contribution in [1.29, 1.82) is 0 Å². The summed E-state index contributed by atoms with van der Waals surface area (Å²) >= 11 is 0. The van der Waals surface area contributed by atoms with Gasteiger partial charge in [0, 0.05) is 13.1 Å². The summed E-state index contributed by atoms with van der Waals surface area (Å²) in [5.74, 6) is 0. The SMILES string of the molecule is CC(C)O[C@H]1CCN2C(=O)NC[C@@H]2C1. The van der Waals surface area contributed by atoms with E-state index >= 15 is 0 Å². The van der Waals surface area contributed by atoms with E-state index < -0.39 is 0 Å². The second-order valence-corrected chi connectivity index (χ2v) is 4.36. The smallest absolute Gasteiger partial charge is 0.317 e. The zero-order valence-corrected chi connectivity index (χ0v) is 8.82. The van der Waals surface area contributed by atoms with Crippen LogP contribution in [0.1, 0.15) is 26.7 Å². The molecule has 0 aromatic rings. The monoisotopic (exact) mass is 198 g/mol. The Balaban J connectivity index is 1.89. The van der Waals surface area contributed by atoms with Crippen LogP contribution in [0.2, 0.25) is 0 Å². The molecule has 2 fully saturated rings. The third kappa shape index (κ3) is 1.85. The Hall–Kier alpha value is -0.770. The van der Waals surface area contributed by atoms with Crippen LogP contribution in [0.4, 0.5) is 4.79 Å². The molecule has 0 bridgehead atoms. The fourth-order valence-electron chi connectivity index (χ4n) is 2.29. The lowest BCUT2D eigenvalue weighted by molar-refractivity contribution is -0.0298. The van der Waals surface area contributed by atoms with E-state index in [2.05, 4.69) is 19.2 Å². The lowest BCUT2D eigenvalue weighted by atomic mass is 10.0. The number of carbonyl (C=O) groups excluding carboxylic acids is 1. The van der Waals surface area contributed by atoms with Gasteiger partial charge >= 0.3 is 6.03 Å². The van der Waals surface area contributed by atoms with Crippen LogP contribution in [0.3, 0.4) is 0 Å². The molecule has 0 aromatic carbocycles. The van der Waals surface area contributed by atoms with E-state index in [0.717, 1.165) is 25.9 Å². The van der Waals surface area contributed by atoms with Gasteiger partial charge in [0.1, 0.15) is 0 Å². The summed E-state index contributed by atoms with van der Waals surface area (Å²) in [6, 6.07) is 0.456. The molecule has 4 heteroatoms. The lowest BCUT2D eigenvalue weighted by Gasteiger charge is -2.34. The first-order valence-electron chi connectivity index (χ1n) is 5.36. The first-order chi connectivity index (χ1) is 6.66. The third-order valence-corrected chi connectivity index (χ3v) is 2.88. The van der Waals surface area contributed by atoms with Gasteiger partial charge in [-0.3, -0.25) is 0 Å². The molecule has 4 nitrogen and oxygen atoms in total. The quantitative estimate of drug-likeness (QED) is 0.718. The summed E-state index contributed by atoms with van der Waals surface area (Å²) in [6.45, 7) is 5.75. The van der Waals surface area contributed by atoms with Gasteiger partial charge in [0.15, 0.2) is 0 Å². The van der Waals surface area contributed by atoms with Crippen LogP contribution < -0.4 is 5.32 Å². The molecule has 0 aromatic heterocycles. The van der Waals surface area contributed by atoms with Gasteiger partial charge < -0.3 is 15.0 Å². The molecule has 80 valence electrons. The number of nitrogens with zero attached hydrogens (tertiary/aromatic N) is 1. The number of piperidine rings is 1. The standard InChI is InChI=1S/C10H18N2O2/c1-7(2)14-9-3-4-12-8(5-9)6-11-10(12)13/h7-9H,3-6H2,1-2H3,(H,11,13)/t8-,9-/m0/s1. The number of ether oxygens (including phenoxy) is 1. The zero-order valence-electron chi connectivity index (χ0n) is 8.82. The van der Waals surface area contributed by atoms with Crippen molar-refractivity contribution in [1.82, 2.24) is 10.2 Å². The van der Waals surface area contributed by atoms with Gasteiger partial charge in [-0.1, -0.05) is 0 Å². The molecular formula is C10H18N2O2. The van der Waals surface area contributed by atoms with Crippen LogP contribution in [-0.4, -0.2) is 42.3 Å². The topological polar surface area (TPSA) is 41.6 Å². The molecule has 0 radical (unpaired) electrons. The van der Waals surface area contributed by atoms with Gasteiger partial charge in [-0.25, -0.2) is 4.79 Å². The maximum absolute atomic E-state index is 11.3. The van der Waals surface area contributed by atoms with Crippen molar-refractivity contribution in [2.75, 3.05) is 13.1 Å². The van der Waals surface area contributed by atoms with E-state index in [4.69, 9.17) is 4.74 Å². The minimum absolute atomic E-state index is 0.0954. The third-order valence-electron chi connectivity index (χ3n) is 2.88. The predicted octanol–water partition coefficient (Wildman–Crippen LogP) is 0.968. The molecule has 2 saturated heterocycles. The molecule has 0 saturated carbocycles. The zero-order chi connectivity index (χ0) is 10.1. The van der Waals surface area contributed by atoms with Crippen molar-refractivity contribution in [2.45, 2.75) is 44.9 Å². The van der Waals surface area contributed by atoms with Crippen molar-refractivity contribution in [3.8, 4) is 0 Å². The average molecular weight is 198 g/mol. The van der Waals surface area contributed by atoms with Crippen LogP contribution in [0.25, 0.3) is 0 Å². The summed E-state index contributed by atoms with van der Waals surface area (Å²) in [6.07, 6.45) is 2.58. The van der Waals surface area contributed by atoms with Crippen molar-refractivity contribution in [2.24, 2.45) is 0 Å². The van der Waals surface area contributed by atoms with Crippen molar-refractivity contribution < 1.29 is 9.53 Å². The van der Waals surface area contributed by atoms with Gasteiger partial charge in [-0.05, 0) is 26.7 Å². The molecule has 2 amide bonds.